The third-order valence-corrected chi connectivity index (χ3v) is 6.24. The van der Waals surface area contributed by atoms with Crippen LogP contribution in [0.5, 0.6) is 0 Å². The molecule has 2 aromatic carbocycles. The molecule has 0 saturated carbocycles. The number of alkyl halides is 3. The summed E-state index contributed by atoms with van der Waals surface area (Å²) in [5.41, 5.74) is 0.628. The Morgan fingerprint density at radius 3 is 2.33 bits per heavy atom. The van der Waals surface area contributed by atoms with E-state index in [9.17, 15) is 27.2 Å². The number of amides is 2. The average molecular weight is 538 g/mol. The van der Waals surface area contributed by atoms with Gasteiger partial charge in [0.1, 0.15) is 11.6 Å². The first-order valence-corrected chi connectivity index (χ1v) is 11.9. The largest absolute Gasteiger partial charge is 0.445 e. The van der Waals surface area contributed by atoms with E-state index in [1.165, 1.54) is 18.2 Å². The van der Waals surface area contributed by atoms with Crippen molar-refractivity contribution < 1.29 is 27.2 Å². The third-order valence-electron chi connectivity index (χ3n) is 4.43. The van der Waals surface area contributed by atoms with Crippen molar-refractivity contribution in [1.29, 1.82) is 0 Å². The molecule has 186 valence electrons. The van der Waals surface area contributed by atoms with E-state index in [2.05, 4.69) is 31.0 Å². The quantitative estimate of drug-likeness (QED) is 0.256. The van der Waals surface area contributed by atoms with E-state index in [0.717, 1.165) is 11.8 Å². The van der Waals surface area contributed by atoms with Crippen LogP contribution in [0.4, 0.5) is 28.4 Å². The van der Waals surface area contributed by atoms with Crippen LogP contribution in [0.25, 0.3) is 5.69 Å². The van der Waals surface area contributed by atoms with Crippen molar-refractivity contribution in [1.82, 2.24) is 25.0 Å². The van der Waals surface area contributed by atoms with Gasteiger partial charge in [0.2, 0.25) is 22.0 Å². The predicted octanol–water partition coefficient (Wildman–Crippen LogP) is 4.19. The van der Waals surface area contributed by atoms with Gasteiger partial charge in [-0.25, -0.2) is 4.39 Å². The molecule has 36 heavy (non-hydrogen) atoms. The van der Waals surface area contributed by atoms with Crippen molar-refractivity contribution in [3.63, 3.8) is 0 Å². The smallest absolute Gasteiger partial charge is 0.323 e. The maximum Gasteiger partial charge on any atom is 0.445 e. The van der Waals surface area contributed by atoms with Crippen LogP contribution in [0.1, 0.15) is 10.8 Å². The molecule has 9 nitrogen and oxygen atoms in total. The van der Waals surface area contributed by atoms with E-state index in [4.69, 9.17) is 0 Å². The number of halogens is 4. The lowest BCUT2D eigenvalue weighted by atomic mass is 10.2. The molecule has 0 bridgehead atoms. The molecule has 2 N–H and O–H groups in total. The lowest BCUT2D eigenvalue weighted by molar-refractivity contribution is -0.138. The number of thioether (sulfide) groups is 1. The Bertz CT molecular complexity index is 1380. The molecule has 0 spiro atoms. The number of nitrogens with one attached hydrogen (secondary N) is 2. The summed E-state index contributed by atoms with van der Waals surface area (Å²) in [4.78, 5) is 24.8. The highest BCUT2D eigenvalue weighted by Crippen LogP contribution is 2.33. The zero-order chi connectivity index (χ0) is 25.7. The number of benzene rings is 2. The molecular weight excluding hydrogens is 522 g/mol. The fourth-order valence-corrected chi connectivity index (χ4v) is 4.32. The van der Waals surface area contributed by atoms with Crippen molar-refractivity contribution in [2.24, 2.45) is 0 Å². The highest BCUT2D eigenvalue weighted by atomic mass is 32.2. The number of hydrogen-bond acceptors (Lipinski definition) is 8. The minimum absolute atomic E-state index is 0.0184. The molecule has 0 atom stereocenters. The Kier molecular flexibility index (Phi) is 7.59. The number of rotatable bonds is 8. The zero-order valence-electron chi connectivity index (χ0n) is 18.0. The first kappa shape index (κ1) is 25.2. The summed E-state index contributed by atoms with van der Waals surface area (Å²) < 4.78 is 53.5. The summed E-state index contributed by atoms with van der Waals surface area (Å²) >= 11 is 1.17. The molecule has 0 radical (unpaired) electrons. The fourth-order valence-electron chi connectivity index (χ4n) is 2.92. The van der Waals surface area contributed by atoms with Gasteiger partial charge in [0, 0.05) is 5.69 Å². The number of carbonyl (C=O) groups excluding carboxylic acids is 2. The molecule has 0 aliphatic rings. The van der Waals surface area contributed by atoms with Gasteiger partial charge in [-0.1, -0.05) is 53.4 Å². The maximum absolute atomic E-state index is 13.9. The van der Waals surface area contributed by atoms with E-state index in [1.807, 2.05) is 0 Å². The molecule has 0 unspecified atom stereocenters. The second kappa shape index (κ2) is 10.8. The molecular formula is C21H15F4N7O2S2. The van der Waals surface area contributed by atoms with Crippen molar-refractivity contribution >= 4 is 45.7 Å². The number of carbonyl (C=O) groups is 2. The van der Waals surface area contributed by atoms with Gasteiger partial charge in [0.15, 0.2) is 5.16 Å². The van der Waals surface area contributed by atoms with Crippen LogP contribution in [-0.4, -0.2) is 42.5 Å². The minimum Gasteiger partial charge on any atom is -0.323 e. The summed E-state index contributed by atoms with van der Waals surface area (Å²) in [6, 6.07) is 14.5. The molecule has 0 saturated heterocycles. The molecule has 2 heterocycles. The lowest BCUT2D eigenvalue weighted by Crippen LogP contribution is -2.18. The standard InChI is InChI=1S/C21H15F4N7O2S2/c22-13-8-4-5-9-14(13)26-16(33)10-15-28-31-20(32(15)12-6-2-1-3-7-12)35-11-17(34)27-19-30-29-18(36-19)21(23,24)25/h1-9H,10-11H2,(H,26,33)(H,27,30,34). The summed E-state index contributed by atoms with van der Waals surface area (Å²) in [6.45, 7) is 0. The van der Waals surface area contributed by atoms with Crippen LogP contribution in [0.3, 0.4) is 0 Å². The minimum atomic E-state index is -4.66. The number of para-hydroxylation sites is 2. The van der Waals surface area contributed by atoms with E-state index in [-0.39, 0.29) is 45.3 Å². The summed E-state index contributed by atoms with van der Waals surface area (Å²) in [5, 5.41) is 18.0. The van der Waals surface area contributed by atoms with E-state index < -0.39 is 28.8 Å². The van der Waals surface area contributed by atoms with E-state index in [1.54, 1.807) is 41.0 Å². The molecule has 2 amide bonds. The first-order chi connectivity index (χ1) is 17.2. The van der Waals surface area contributed by atoms with Gasteiger partial charge in [-0.3, -0.25) is 19.5 Å². The Morgan fingerprint density at radius 2 is 1.64 bits per heavy atom. The topological polar surface area (TPSA) is 115 Å². The lowest BCUT2D eigenvalue weighted by Gasteiger charge is -2.10. The summed E-state index contributed by atoms with van der Waals surface area (Å²) in [6.07, 6.45) is -4.90. The Balaban J connectivity index is 1.47. The maximum atomic E-state index is 13.9. The van der Waals surface area contributed by atoms with Gasteiger partial charge in [-0.2, -0.15) is 13.2 Å². The predicted molar refractivity (Wildman–Crippen MR) is 124 cm³/mol. The van der Waals surface area contributed by atoms with Crippen molar-refractivity contribution in [3.05, 3.63) is 71.2 Å². The van der Waals surface area contributed by atoms with Gasteiger partial charge < -0.3 is 5.32 Å². The van der Waals surface area contributed by atoms with Crippen LogP contribution in [0, 0.1) is 5.82 Å². The molecule has 15 heteroatoms. The Labute approximate surface area is 209 Å². The average Bonchev–Trinajstić information content (AvgIpc) is 3.47. The van der Waals surface area contributed by atoms with Crippen LogP contribution in [-0.2, 0) is 22.2 Å². The van der Waals surface area contributed by atoms with E-state index in [0.29, 0.717) is 5.69 Å². The van der Waals surface area contributed by atoms with E-state index >= 15 is 0 Å². The number of anilines is 2. The summed E-state index contributed by atoms with van der Waals surface area (Å²) in [7, 11) is 0. The molecule has 4 aromatic rings. The zero-order valence-corrected chi connectivity index (χ0v) is 19.6. The first-order valence-electron chi connectivity index (χ1n) is 10.1. The van der Waals surface area contributed by atoms with Crippen molar-refractivity contribution in [2.45, 2.75) is 17.8 Å². The second-order valence-electron chi connectivity index (χ2n) is 7.02. The summed E-state index contributed by atoms with van der Waals surface area (Å²) in [5.74, 6) is -1.75. The SMILES string of the molecule is O=C(CSc1nnc(CC(=O)Nc2ccccc2F)n1-c1ccccc1)Nc1nnc(C(F)(F)F)s1. The number of nitrogens with zero attached hydrogens (tertiary/aromatic N) is 5. The monoisotopic (exact) mass is 537 g/mol. The third kappa shape index (κ3) is 6.23. The van der Waals surface area contributed by atoms with Gasteiger partial charge in [-0.05, 0) is 24.3 Å². The highest BCUT2D eigenvalue weighted by molar-refractivity contribution is 7.99. The van der Waals surface area contributed by atoms with Crippen molar-refractivity contribution in [2.75, 3.05) is 16.4 Å². The van der Waals surface area contributed by atoms with Gasteiger partial charge in [0.25, 0.3) is 0 Å². The molecule has 2 aromatic heterocycles. The highest BCUT2D eigenvalue weighted by Gasteiger charge is 2.35. The number of aromatic nitrogens is 5. The van der Waals surface area contributed by atoms with Crippen LogP contribution >= 0.6 is 23.1 Å². The van der Waals surface area contributed by atoms with Crippen LogP contribution in [0.15, 0.2) is 59.8 Å². The molecule has 0 aliphatic heterocycles. The van der Waals surface area contributed by atoms with Gasteiger partial charge in [0.05, 0.1) is 17.9 Å². The molecule has 4 rings (SSSR count). The van der Waals surface area contributed by atoms with Crippen molar-refractivity contribution in [3.8, 4) is 5.69 Å². The van der Waals surface area contributed by atoms with Gasteiger partial charge >= 0.3 is 6.18 Å². The Hall–Kier alpha value is -3.85. The molecule has 0 fully saturated rings. The second-order valence-corrected chi connectivity index (χ2v) is 8.94. The van der Waals surface area contributed by atoms with Crippen LogP contribution < -0.4 is 10.6 Å². The van der Waals surface area contributed by atoms with Crippen LogP contribution in [0.2, 0.25) is 0 Å². The fraction of sp³-hybridized carbons (Fsp3) is 0.143. The van der Waals surface area contributed by atoms with Gasteiger partial charge in [-0.15, -0.1) is 20.4 Å². The normalized spacial score (nSPS) is 11.3. The number of hydrogen-bond donors (Lipinski definition) is 2. The Morgan fingerprint density at radius 1 is 0.917 bits per heavy atom. The molecule has 0 aliphatic carbocycles.